The second kappa shape index (κ2) is 10.2. The van der Waals surface area contributed by atoms with E-state index in [2.05, 4.69) is 27.3 Å². The van der Waals surface area contributed by atoms with Crippen LogP contribution >= 0.6 is 0 Å². The van der Waals surface area contributed by atoms with Gasteiger partial charge in [-0.25, -0.2) is 4.98 Å². The minimum atomic E-state index is -0.455. The molecule has 184 valence electrons. The van der Waals surface area contributed by atoms with E-state index in [1.54, 1.807) is 6.07 Å². The Kier molecular flexibility index (Phi) is 6.86. The van der Waals surface area contributed by atoms with E-state index in [1.165, 1.54) is 17.5 Å². The number of oxazole rings is 1. The SMILES string of the molecule is Cc1ncoc1COc1ccc2c(c1)CCN(CC(O)CC1NCCc3cc(C(N)=O)ccc31)C2. The van der Waals surface area contributed by atoms with Gasteiger partial charge in [-0.15, -0.1) is 0 Å². The van der Waals surface area contributed by atoms with E-state index in [-0.39, 0.29) is 6.04 Å². The molecule has 2 aromatic carbocycles. The number of rotatable bonds is 8. The summed E-state index contributed by atoms with van der Waals surface area (Å²) in [5.74, 6) is 1.16. The number of ether oxygens (including phenoxy) is 1. The van der Waals surface area contributed by atoms with Crippen molar-refractivity contribution in [2.45, 2.75) is 51.5 Å². The molecule has 4 N–H and O–H groups in total. The standard InChI is InChI=1S/C27H32N4O4/c1-17-26(35-16-30-17)15-34-23-4-2-21-13-31(9-7-18(21)11-23)14-22(32)12-25-24-5-3-20(27(28)33)10-19(24)6-8-29-25/h2-5,10-11,16,22,25,29,32H,6-9,12-15H2,1H3,(H2,28,33). The summed E-state index contributed by atoms with van der Waals surface area (Å²) in [6.45, 7) is 5.42. The molecule has 35 heavy (non-hydrogen) atoms. The number of nitrogens with one attached hydrogen (secondary N) is 1. The van der Waals surface area contributed by atoms with Gasteiger partial charge in [-0.1, -0.05) is 12.1 Å². The summed E-state index contributed by atoms with van der Waals surface area (Å²) in [7, 11) is 0. The maximum Gasteiger partial charge on any atom is 0.248 e. The molecular formula is C27H32N4O4. The Hall–Kier alpha value is -3.20. The summed E-state index contributed by atoms with van der Waals surface area (Å²) in [6.07, 6.45) is 3.38. The van der Waals surface area contributed by atoms with Gasteiger partial charge in [0.1, 0.15) is 12.4 Å². The van der Waals surface area contributed by atoms with Crippen LogP contribution in [0.15, 0.2) is 47.2 Å². The number of hydrogen-bond donors (Lipinski definition) is 3. The van der Waals surface area contributed by atoms with Gasteiger partial charge in [-0.05, 0) is 79.3 Å². The molecule has 1 aromatic heterocycles. The third-order valence-corrected chi connectivity index (χ3v) is 7.05. The summed E-state index contributed by atoms with van der Waals surface area (Å²) >= 11 is 0. The van der Waals surface area contributed by atoms with Gasteiger partial charge >= 0.3 is 0 Å². The van der Waals surface area contributed by atoms with Gasteiger partial charge in [-0.3, -0.25) is 9.69 Å². The Morgan fingerprint density at radius 1 is 1.26 bits per heavy atom. The van der Waals surface area contributed by atoms with Crippen molar-refractivity contribution in [3.8, 4) is 5.75 Å². The maximum absolute atomic E-state index is 11.5. The van der Waals surface area contributed by atoms with Crippen LogP contribution < -0.4 is 15.8 Å². The summed E-state index contributed by atoms with van der Waals surface area (Å²) < 4.78 is 11.3. The summed E-state index contributed by atoms with van der Waals surface area (Å²) in [5, 5.41) is 14.4. The molecule has 3 aromatic rings. The molecule has 0 saturated carbocycles. The lowest BCUT2D eigenvalue weighted by Crippen LogP contribution is -2.39. The predicted octanol–water partition coefficient (Wildman–Crippen LogP) is 2.66. The molecule has 5 rings (SSSR count). The lowest BCUT2D eigenvalue weighted by atomic mass is 9.89. The number of carbonyl (C=O) groups excluding carboxylic acids is 1. The number of carbonyl (C=O) groups is 1. The number of fused-ring (bicyclic) bond motifs is 2. The highest BCUT2D eigenvalue weighted by Crippen LogP contribution is 2.29. The average Bonchev–Trinajstić information content (AvgIpc) is 3.27. The fraction of sp³-hybridized carbons (Fsp3) is 0.407. The molecule has 1 amide bonds. The summed E-state index contributed by atoms with van der Waals surface area (Å²) in [5.41, 5.74) is 11.7. The normalized spacial score (nSPS) is 18.5. The van der Waals surface area contributed by atoms with E-state index in [9.17, 15) is 9.90 Å². The highest BCUT2D eigenvalue weighted by atomic mass is 16.5. The third kappa shape index (κ3) is 5.40. The minimum Gasteiger partial charge on any atom is -0.486 e. The van der Waals surface area contributed by atoms with Crippen molar-refractivity contribution in [2.75, 3.05) is 19.6 Å². The van der Waals surface area contributed by atoms with Crippen LogP contribution in [0.25, 0.3) is 0 Å². The predicted molar refractivity (Wildman–Crippen MR) is 131 cm³/mol. The van der Waals surface area contributed by atoms with Crippen LogP contribution in [0.4, 0.5) is 0 Å². The summed E-state index contributed by atoms with van der Waals surface area (Å²) in [6, 6.07) is 11.9. The molecule has 2 atom stereocenters. The molecule has 0 spiro atoms. The minimum absolute atomic E-state index is 0.0699. The number of aromatic nitrogens is 1. The lowest BCUT2D eigenvalue weighted by Gasteiger charge is -2.33. The topological polar surface area (TPSA) is 114 Å². The number of aliphatic hydroxyl groups is 1. The second-order valence-corrected chi connectivity index (χ2v) is 9.49. The first-order chi connectivity index (χ1) is 17.0. The largest absolute Gasteiger partial charge is 0.486 e. The number of β-amino-alcohol motifs (C(OH)–C–C–N with tert-alkyl or cyclic N) is 1. The fourth-order valence-corrected chi connectivity index (χ4v) is 5.11. The average molecular weight is 477 g/mol. The van der Waals surface area contributed by atoms with Crippen LogP contribution in [0.1, 0.15) is 56.5 Å². The van der Waals surface area contributed by atoms with Gasteiger partial charge in [0.25, 0.3) is 0 Å². The van der Waals surface area contributed by atoms with Gasteiger partial charge in [0.2, 0.25) is 5.91 Å². The summed E-state index contributed by atoms with van der Waals surface area (Å²) in [4.78, 5) is 17.9. The van der Waals surface area contributed by atoms with Crippen LogP contribution in [0.5, 0.6) is 5.75 Å². The number of nitrogens with two attached hydrogens (primary N) is 1. The number of benzene rings is 2. The molecule has 2 unspecified atom stereocenters. The van der Waals surface area contributed by atoms with Gasteiger partial charge in [0.15, 0.2) is 12.2 Å². The number of hydrogen-bond acceptors (Lipinski definition) is 7. The fourth-order valence-electron chi connectivity index (χ4n) is 5.11. The van der Waals surface area contributed by atoms with Gasteiger partial charge in [0.05, 0.1) is 11.8 Å². The zero-order valence-corrected chi connectivity index (χ0v) is 20.0. The van der Waals surface area contributed by atoms with Gasteiger partial charge in [-0.2, -0.15) is 0 Å². The Balaban J connectivity index is 1.16. The highest BCUT2D eigenvalue weighted by molar-refractivity contribution is 5.93. The Labute approximate surface area is 205 Å². The smallest absolute Gasteiger partial charge is 0.248 e. The first kappa shape index (κ1) is 23.5. The first-order valence-corrected chi connectivity index (χ1v) is 12.2. The Bertz CT molecular complexity index is 1210. The van der Waals surface area contributed by atoms with Crippen molar-refractivity contribution in [1.29, 1.82) is 0 Å². The van der Waals surface area contributed by atoms with Crippen molar-refractivity contribution in [2.24, 2.45) is 5.73 Å². The van der Waals surface area contributed by atoms with Crippen molar-refractivity contribution < 1.29 is 19.1 Å². The Morgan fingerprint density at radius 2 is 2.14 bits per heavy atom. The number of amides is 1. The highest BCUT2D eigenvalue weighted by Gasteiger charge is 2.25. The van der Waals surface area contributed by atoms with Gasteiger partial charge < -0.3 is 25.3 Å². The van der Waals surface area contributed by atoms with Crippen LogP contribution in [0.3, 0.4) is 0 Å². The first-order valence-electron chi connectivity index (χ1n) is 12.2. The molecular weight excluding hydrogens is 444 g/mol. The van der Waals surface area contributed by atoms with Gasteiger partial charge in [0, 0.05) is 31.2 Å². The van der Waals surface area contributed by atoms with Crippen molar-refractivity contribution in [1.82, 2.24) is 15.2 Å². The number of nitrogens with zero attached hydrogens (tertiary/aromatic N) is 2. The maximum atomic E-state index is 11.5. The molecule has 2 aliphatic heterocycles. The number of aryl methyl sites for hydroxylation is 1. The lowest BCUT2D eigenvalue weighted by molar-refractivity contribution is 0.0887. The third-order valence-electron chi connectivity index (χ3n) is 7.05. The van der Waals surface area contributed by atoms with E-state index in [1.807, 2.05) is 25.1 Å². The monoisotopic (exact) mass is 476 g/mol. The van der Waals surface area contributed by atoms with E-state index < -0.39 is 12.0 Å². The van der Waals surface area contributed by atoms with E-state index in [4.69, 9.17) is 14.9 Å². The van der Waals surface area contributed by atoms with Crippen LogP contribution in [0, 0.1) is 6.92 Å². The molecule has 8 nitrogen and oxygen atoms in total. The molecule has 2 aliphatic rings. The Morgan fingerprint density at radius 3 is 2.94 bits per heavy atom. The van der Waals surface area contributed by atoms with Crippen LogP contribution in [0.2, 0.25) is 0 Å². The zero-order valence-electron chi connectivity index (χ0n) is 20.0. The van der Waals surface area contributed by atoms with E-state index >= 15 is 0 Å². The van der Waals surface area contributed by atoms with Crippen molar-refractivity contribution >= 4 is 5.91 Å². The van der Waals surface area contributed by atoms with Crippen molar-refractivity contribution in [3.63, 3.8) is 0 Å². The molecule has 0 bridgehead atoms. The number of aliphatic hydroxyl groups excluding tert-OH is 1. The molecule has 0 radical (unpaired) electrons. The van der Waals surface area contributed by atoms with E-state index in [0.29, 0.717) is 25.1 Å². The van der Waals surface area contributed by atoms with Crippen molar-refractivity contribution in [3.05, 3.63) is 82.1 Å². The molecule has 8 heteroatoms. The second-order valence-electron chi connectivity index (χ2n) is 9.49. The molecule has 0 aliphatic carbocycles. The molecule has 0 fully saturated rings. The van der Waals surface area contributed by atoms with Crippen LogP contribution in [-0.4, -0.2) is 46.6 Å². The number of primary amides is 1. The van der Waals surface area contributed by atoms with E-state index in [0.717, 1.165) is 60.8 Å². The quantitative estimate of drug-likeness (QED) is 0.458. The van der Waals surface area contributed by atoms with Crippen LogP contribution in [-0.2, 0) is 26.0 Å². The zero-order chi connectivity index (χ0) is 24.4. The molecule has 0 saturated heterocycles. The molecule has 3 heterocycles.